The lowest BCUT2D eigenvalue weighted by Gasteiger charge is -1.97. The molecule has 2 N–H and O–H groups in total. The molecule has 0 rings (SSSR count). The molecule has 18 heavy (non-hydrogen) atoms. The van der Waals surface area contributed by atoms with Crippen LogP contribution in [0.2, 0.25) is 0 Å². The summed E-state index contributed by atoms with van der Waals surface area (Å²) in [5.41, 5.74) is 0.562. The smallest absolute Gasteiger partial charge is 0.353 e. The predicted molar refractivity (Wildman–Crippen MR) is 71.7 cm³/mol. The van der Waals surface area contributed by atoms with E-state index in [0.29, 0.717) is 12.1 Å². The van der Waals surface area contributed by atoms with Crippen LogP contribution < -0.4 is 5.32 Å². The lowest BCUT2D eigenvalue weighted by Crippen LogP contribution is -2.22. The van der Waals surface area contributed by atoms with Crippen LogP contribution in [0, 0.1) is 0 Å². The minimum absolute atomic E-state index is 0.0625. The molecule has 0 radical (unpaired) electrons. The van der Waals surface area contributed by atoms with Crippen molar-refractivity contribution >= 4 is 16.3 Å². The van der Waals surface area contributed by atoms with Crippen LogP contribution in [-0.4, -0.2) is 58.6 Å². The van der Waals surface area contributed by atoms with Crippen molar-refractivity contribution in [3.63, 3.8) is 0 Å². The molecule has 0 aromatic rings. The molecule has 0 atom stereocenters. The van der Waals surface area contributed by atoms with Crippen LogP contribution in [0.5, 0.6) is 0 Å². The van der Waals surface area contributed by atoms with E-state index < -0.39 is 10.4 Å². The van der Waals surface area contributed by atoms with Gasteiger partial charge in [0.15, 0.2) is 0 Å². The number of rotatable bonds is 3. The maximum absolute atomic E-state index is 10.5. The molecule has 110 valence electrons. The van der Waals surface area contributed by atoms with Crippen molar-refractivity contribution in [1.82, 2.24) is 10.2 Å². The summed E-state index contributed by atoms with van der Waals surface area (Å²) in [5.74, 6) is -0.0625. The standard InChI is InChI=1S/C6H11NO.C3H9N.CH4O4S/c1-4-7-6(8)5(2)3;1-4(2)3;1-5-6(2,3)4/h2,4H2,1,3H3,(H,7,8);1-3H3;1H3,(H,2,3,4). The second-order valence-electron chi connectivity index (χ2n) is 3.58. The first-order chi connectivity index (χ1) is 7.97. The number of nitrogens with one attached hydrogen (secondary N) is 1. The number of nitrogens with zero attached hydrogens (tertiary/aromatic N) is 1. The van der Waals surface area contributed by atoms with Crippen molar-refractivity contribution in [2.75, 3.05) is 34.8 Å². The highest BCUT2D eigenvalue weighted by Crippen LogP contribution is 1.82. The van der Waals surface area contributed by atoms with E-state index in [1.165, 1.54) is 0 Å². The largest absolute Gasteiger partial charge is 0.397 e. The van der Waals surface area contributed by atoms with Crippen LogP contribution in [0.3, 0.4) is 0 Å². The Hall–Kier alpha value is -0.960. The highest BCUT2D eigenvalue weighted by atomic mass is 32.3. The summed E-state index contributed by atoms with van der Waals surface area (Å²) >= 11 is 0. The summed E-state index contributed by atoms with van der Waals surface area (Å²) in [4.78, 5) is 12.5. The predicted octanol–water partition coefficient (Wildman–Crippen LogP) is 0.312. The van der Waals surface area contributed by atoms with Gasteiger partial charge in [-0.25, -0.2) is 0 Å². The zero-order valence-electron chi connectivity index (χ0n) is 11.8. The van der Waals surface area contributed by atoms with Crippen molar-refractivity contribution < 1.29 is 21.9 Å². The van der Waals surface area contributed by atoms with Crippen LogP contribution in [0.15, 0.2) is 12.2 Å². The first-order valence-electron chi connectivity index (χ1n) is 5.05. The molecule has 0 aromatic heterocycles. The minimum atomic E-state index is -4.16. The van der Waals surface area contributed by atoms with Gasteiger partial charge in [-0.2, -0.15) is 8.42 Å². The first kappa shape index (κ1) is 22.2. The fourth-order valence-corrected chi connectivity index (χ4v) is 0.311. The Morgan fingerprint density at radius 2 is 1.67 bits per heavy atom. The SMILES string of the molecule is C=C(C)C(=O)NCC.CN(C)C.COS(=O)(=O)O. The topological polar surface area (TPSA) is 95.9 Å². The second kappa shape index (κ2) is 12.5. The van der Waals surface area contributed by atoms with Gasteiger partial charge >= 0.3 is 10.4 Å². The molecular weight excluding hydrogens is 260 g/mol. The molecule has 0 spiro atoms. The summed E-state index contributed by atoms with van der Waals surface area (Å²) in [6, 6.07) is 0. The average molecular weight is 284 g/mol. The van der Waals surface area contributed by atoms with E-state index in [1.54, 1.807) is 6.92 Å². The van der Waals surface area contributed by atoms with Gasteiger partial charge in [-0.1, -0.05) is 6.58 Å². The van der Waals surface area contributed by atoms with E-state index in [-0.39, 0.29) is 5.91 Å². The Bertz CT molecular complexity index is 322. The molecule has 0 saturated carbocycles. The van der Waals surface area contributed by atoms with E-state index in [4.69, 9.17) is 4.55 Å². The van der Waals surface area contributed by atoms with Crippen LogP contribution in [0.1, 0.15) is 13.8 Å². The molecule has 1 amide bonds. The third-order valence-corrected chi connectivity index (χ3v) is 1.36. The van der Waals surface area contributed by atoms with Gasteiger partial charge in [-0.3, -0.25) is 13.5 Å². The monoisotopic (exact) mass is 284 g/mol. The lowest BCUT2D eigenvalue weighted by molar-refractivity contribution is -0.117. The molecular formula is C10H24N2O5S. The van der Waals surface area contributed by atoms with Crippen molar-refractivity contribution in [2.45, 2.75) is 13.8 Å². The van der Waals surface area contributed by atoms with Gasteiger partial charge in [0.1, 0.15) is 0 Å². The summed E-state index contributed by atoms with van der Waals surface area (Å²) in [7, 11) is 2.71. The Kier molecular flexibility index (Phi) is 15.4. The number of likely N-dealkylation sites (N-methyl/N-ethyl adjacent to an activating group) is 1. The van der Waals surface area contributed by atoms with Crippen LogP contribution in [0.4, 0.5) is 0 Å². The van der Waals surface area contributed by atoms with E-state index in [0.717, 1.165) is 7.11 Å². The number of hydrogen-bond acceptors (Lipinski definition) is 5. The van der Waals surface area contributed by atoms with Crippen molar-refractivity contribution in [3.8, 4) is 0 Å². The Morgan fingerprint density at radius 3 is 1.72 bits per heavy atom. The van der Waals surface area contributed by atoms with Gasteiger partial charge in [-0.15, -0.1) is 0 Å². The summed E-state index contributed by atoms with van der Waals surface area (Å²) in [5, 5.41) is 2.61. The maximum atomic E-state index is 10.5. The van der Waals surface area contributed by atoms with Gasteiger partial charge in [0, 0.05) is 12.1 Å². The van der Waals surface area contributed by atoms with Gasteiger partial charge in [0.25, 0.3) is 0 Å². The van der Waals surface area contributed by atoms with E-state index in [1.807, 2.05) is 33.0 Å². The number of hydrogen-bond donors (Lipinski definition) is 2. The molecule has 0 unspecified atom stereocenters. The fraction of sp³-hybridized carbons (Fsp3) is 0.700. The van der Waals surface area contributed by atoms with E-state index in [9.17, 15) is 13.2 Å². The Morgan fingerprint density at radius 1 is 1.39 bits per heavy atom. The molecule has 0 aromatic carbocycles. The van der Waals surface area contributed by atoms with Gasteiger partial charge < -0.3 is 10.2 Å². The highest BCUT2D eigenvalue weighted by molar-refractivity contribution is 7.80. The highest BCUT2D eigenvalue weighted by Gasteiger charge is 1.95. The molecule has 0 aliphatic rings. The molecule has 0 aliphatic heterocycles. The molecule has 0 fully saturated rings. The van der Waals surface area contributed by atoms with Crippen LogP contribution in [-0.2, 0) is 19.4 Å². The quantitative estimate of drug-likeness (QED) is 0.572. The number of carbonyl (C=O) groups excluding carboxylic acids is 1. The average Bonchev–Trinajstić information content (AvgIpc) is 2.17. The third kappa shape index (κ3) is 36.3. The normalized spacial score (nSPS) is 9.56. The Balaban J connectivity index is -0.000000200. The summed E-state index contributed by atoms with van der Waals surface area (Å²) in [6.07, 6.45) is 0. The van der Waals surface area contributed by atoms with Gasteiger partial charge in [-0.05, 0) is 35.0 Å². The molecule has 0 heterocycles. The van der Waals surface area contributed by atoms with Crippen molar-refractivity contribution in [1.29, 1.82) is 0 Å². The second-order valence-corrected chi connectivity index (χ2v) is 4.76. The maximum Gasteiger partial charge on any atom is 0.397 e. The summed E-state index contributed by atoms with van der Waals surface area (Å²) in [6.45, 7) is 7.70. The Labute approximate surface area is 110 Å². The first-order valence-corrected chi connectivity index (χ1v) is 6.42. The molecule has 8 heteroatoms. The summed E-state index contributed by atoms with van der Waals surface area (Å²) < 4.78 is 29.7. The third-order valence-electron chi connectivity index (χ3n) is 0.936. The van der Waals surface area contributed by atoms with Crippen LogP contribution >= 0.6 is 0 Å². The fourth-order valence-electron chi connectivity index (χ4n) is 0.311. The molecule has 0 bridgehead atoms. The molecule has 0 saturated heterocycles. The van der Waals surface area contributed by atoms with Gasteiger partial charge in [0.2, 0.25) is 5.91 Å². The zero-order valence-corrected chi connectivity index (χ0v) is 12.7. The van der Waals surface area contributed by atoms with E-state index >= 15 is 0 Å². The molecule has 0 aliphatic carbocycles. The molecule has 7 nitrogen and oxygen atoms in total. The van der Waals surface area contributed by atoms with Crippen molar-refractivity contribution in [2.24, 2.45) is 0 Å². The number of carbonyl (C=O) groups is 1. The number of amides is 1. The lowest BCUT2D eigenvalue weighted by atomic mass is 10.3. The minimum Gasteiger partial charge on any atom is -0.353 e. The van der Waals surface area contributed by atoms with Crippen molar-refractivity contribution in [3.05, 3.63) is 12.2 Å². The van der Waals surface area contributed by atoms with Crippen LogP contribution in [0.25, 0.3) is 0 Å². The van der Waals surface area contributed by atoms with E-state index in [2.05, 4.69) is 16.1 Å². The zero-order chi connectivity index (χ0) is 15.4. The van der Waals surface area contributed by atoms with Gasteiger partial charge in [0.05, 0.1) is 7.11 Å².